The molecule has 0 spiro atoms. The molecule has 0 unspecified atom stereocenters. The number of nitrogens with one attached hydrogen (secondary N) is 1. The molecule has 0 atom stereocenters. The summed E-state index contributed by atoms with van der Waals surface area (Å²) in [6.07, 6.45) is 5.68. The van der Waals surface area contributed by atoms with Gasteiger partial charge in [-0.2, -0.15) is 0 Å². The fraction of sp³-hybridized carbons (Fsp3) is 0.400. The highest BCUT2D eigenvalue weighted by atomic mass is 16.5. The number of aromatic nitrogens is 1. The predicted molar refractivity (Wildman–Crippen MR) is 102 cm³/mol. The van der Waals surface area contributed by atoms with Crippen molar-refractivity contribution in [1.82, 2.24) is 10.3 Å². The molecule has 0 bridgehead atoms. The summed E-state index contributed by atoms with van der Waals surface area (Å²) in [7, 11) is 0. The van der Waals surface area contributed by atoms with E-state index in [4.69, 9.17) is 15.2 Å². The average Bonchev–Trinajstić information content (AvgIpc) is 2.64. The number of nitrogens with zero attached hydrogens (tertiary/aromatic N) is 2. The van der Waals surface area contributed by atoms with Crippen LogP contribution in [0.1, 0.15) is 24.8 Å². The molecule has 0 amide bonds. The van der Waals surface area contributed by atoms with Crippen molar-refractivity contribution in [3.8, 4) is 11.6 Å². The molecule has 3 rings (SSSR count). The van der Waals surface area contributed by atoms with Crippen molar-refractivity contribution >= 4 is 5.96 Å². The Kier molecular flexibility index (Phi) is 6.70. The Morgan fingerprint density at radius 2 is 1.92 bits per heavy atom. The zero-order chi connectivity index (χ0) is 18.0. The third kappa shape index (κ3) is 5.95. The number of hydrogen-bond acceptors (Lipinski definition) is 4. The molecule has 1 saturated carbocycles. The van der Waals surface area contributed by atoms with Gasteiger partial charge >= 0.3 is 0 Å². The molecule has 1 aliphatic carbocycles. The molecule has 1 aliphatic rings. The highest BCUT2D eigenvalue weighted by Gasteiger charge is 2.16. The lowest BCUT2D eigenvalue weighted by Crippen LogP contribution is -2.37. The molecule has 138 valence electrons. The van der Waals surface area contributed by atoms with Crippen LogP contribution in [-0.2, 0) is 6.54 Å². The van der Waals surface area contributed by atoms with Gasteiger partial charge in [0.2, 0.25) is 5.88 Å². The summed E-state index contributed by atoms with van der Waals surface area (Å²) in [4.78, 5) is 8.64. The SMILES string of the molecule is NC(=NCc1ccc(OCCOc2ccccc2)nc1)NCC1CCC1. The summed E-state index contributed by atoms with van der Waals surface area (Å²) in [5, 5.41) is 3.18. The van der Waals surface area contributed by atoms with E-state index in [1.54, 1.807) is 6.20 Å². The Bertz CT molecular complexity index is 685. The minimum absolute atomic E-state index is 0.442. The van der Waals surface area contributed by atoms with Gasteiger partial charge in [-0.1, -0.05) is 30.7 Å². The molecule has 1 fully saturated rings. The van der Waals surface area contributed by atoms with Crippen LogP contribution in [0.15, 0.2) is 53.7 Å². The van der Waals surface area contributed by atoms with Crippen LogP contribution in [0, 0.1) is 5.92 Å². The first kappa shape index (κ1) is 18.0. The number of benzene rings is 1. The molecule has 6 heteroatoms. The number of ether oxygens (including phenoxy) is 2. The van der Waals surface area contributed by atoms with Gasteiger partial charge < -0.3 is 20.5 Å². The zero-order valence-corrected chi connectivity index (χ0v) is 14.9. The molecule has 1 aromatic carbocycles. The lowest BCUT2D eigenvalue weighted by molar-refractivity contribution is 0.212. The van der Waals surface area contributed by atoms with E-state index < -0.39 is 0 Å². The number of aliphatic imine (C=N–C) groups is 1. The number of hydrogen-bond donors (Lipinski definition) is 2. The Balaban J connectivity index is 1.34. The van der Waals surface area contributed by atoms with Crippen LogP contribution < -0.4 is 20.5 Å². The zero-order valence-electron chi connectivity index (χ0n) is 14.9. The lowest BCUT2D eigenvalue weighted by atomic mass is 9.85. The summed E-state index contributed by atoms with van der Waals surface area (Å²) in [6.45, 7) is 2.34. The summed E-state index contributed by atoms with van der Waals surface area (Å²) in [6, 6.07) is 13.5. The van der Waals surface area contributed by atoms with E-state index in [1.807, 2.05) is 42.5 Å². The topological polar surface area (TPSA) is 81.8 Å². The third-order valence-electron chi connectivity index (χ3n) is 4.37. The molecule has 1 heterocycles. The second-order valence-electron chi connectivity index (χ2n) is 6.39. The lowest BCUT2D eigenvalue weighted by Gasteiger charge is -2.25. The maximum absolute atomic E-state index is 5.89. The maximum atomic E-state index is 5.89. The van der Waals surface area contributed by atoms with Crippen molar-refractivity contribution in [2.24, 2.45) is 16.6 Å². The Labute approximate surface area is 154 Å². The fourth-order valence-corrected chi connectivity index (χ4v) is 2.59. The summed E-state index contributed by atoms with van der Waals surface area (Å²) >= 11 is 0. The molecule has 6 nitrogen and oxygen atoms in total. The van der Waals surface area contributed by atoms with Gasteiger partial charge in [-0.05, 0) is 36.5 Å². The van der Waals surface area contributed by atoms with Crippen LogP contribution >= 0.6 is 0 Å². The van der Waals surface area contributed by atoms with Crippen molar-refractivity contribution in [1.29, 1.82) is 0 Å². The summed E-state index contributed by atoms with van der Waals surface area (Å²) < 4.78 is 11.2. The van der Waals surface area contributed by atoms with Gasteiger partial charge in [0.1, 0.15) is 19.0 Å². The highest BCUT2D eigenvalue weighted by molar-refractivity contribution is 5.77. The first-order valence-corrected chi connectivity index (χ1v) is 9.09. The van der Waals surface area contributed by atoms with Crippen LogP contribution in [0.25, 0.3) is 0 Å². The fourth-order valence-electron chi connectivity index (χ4n) is 2.59. The molecule has 2 aromatic rings. The highest BCUT2D eigenvalue weighted by Crippen LogP contribution is 2.24. The molecular formula is C20H26N4O2. The molecule has 26 heavy (non-hydrogen) atoms. The Hall–Kier alpha value is -2.76. The first-order valence-electron chi connectivity index (χ1n) is 9.09. The van der Waals surface area contributed by atoms with Gasteiger partial charge in [0.25, 0.3) is 0 Å². The smallest absolute Gasteiger partial charge is 0.213 e. The van der Waals surface area contributed by atoms with Crippen molar-refractivity contribution in [2.45, 2.75) is 25.8 Å². The average molecular weight is 354 g/mol. The van der Waals surface area contributed by atoms with Gasteiger partial charge in [0.15, 0.2) is 5.96 Å². The first-order chi connectivity index (χ1) is 12.8. The van der Waals surface area contributed by atoms with Crippen LogP contribution in [-0.4, -0.2) is 30.7 Å². The van der Waals surface area contributed by atoms with E-state index in [0.717, 1.165) is 23.8 Å². The molecule has 0 radical (unpaired) electrons. The number of nitrogens with two attached hydrogens (primary N) is 1. The van der Waals surface area contributed by atoms with E-state index in [1.165, 1.54) is 19.3 Å². The monoisotopic (exact) mass is 354 g/mol. The van der Waals surface area contributed by atoms with Gasteiger partial charge in [0, 0.05) is 18.8 Å². The number of pyridine rings is 1. The third-order valence-corrected chi connectivity index (χ3v) is 4.37. The van der Waals surface area contributed by atoms with Crippen molar-refractivity contribution < 1.29 is 9.47 Å². The number of para-hydroxylation sites is 1. The normalized spacial score (nSPS) is 14.5. The van der Waals surface area contributed by atoms with Crippen LogP contribution in [0.5, 0.6) is 11.6 Å². The Morgan fingerprint density at radius 1 is 1.12 bits per heavy atom. The van der Waals surface area contributed by atoms with Crippen molar-refractivity contribution in [3.05, 3.63) is 54.2 Å². The van der Waals surface area contributed by atoms with Gasteiger partial charge in [-0.15, -0.1) is 0 Å². The van der Waals surface area contributed by atoms with Gasteiger partial charge in [0.05, 0.1) is 6.54 Å². The van der Waals surface area contributed by atoms with E-state index in [9.17, 15) is 0 Å². The van der Waals surface area contributed by atoms with Gasteiger partial charge in [-0.25, -0.2) is 9.98 Å². The second kappa shape index (κ2) is 9.65. The summed E-state index contributed by atoms with van der Waals surface area (Å²) in [5.41, 5.74) is 6.88. The maximum Gasteiger partial charge on any atom is 0.213 e. The molecular weight excluding hydrogens is 328 g/mol. The van der Waals surface area contributed by atoms with Crippen LogP contribution in [0.3, 0.4) is 0 Å². The van der Waals surface area contributed by atoms with Crippen LogP contribution in [0.2, 0.25) is 0 Å². The van der Waals surface area contributed by atoms with E-state index >= 15 is 0 Å². The Morgan fingerprint density at radius 3 is 2.62 bits per heavy atom. The molecule has 3 N–H and O–H groups in total. The van der Waals surface area contributed by atoms with E-state index in [-0.39, 0.29) is 0 Å². The van der Waals surface area contributed by atoms with Crippen molar-refractivity contribution in [3.63, 3.8) is 0 Å². The molecule has 0 saturated heterocycles. The minimum atomic E-state index is 0.442. The van der Waals surface area contributed by atoms with E-state index in [0.29, 0.717) is 31.6 Å². The quantitative estimate of drug-likeness (QED) is 0.411. The molecule has 1 aromatic heterocycles. The standard InChI is InChI=1S/C20H26N4O2/c21-20(23-13-16-5-4-6-16)24-15-17-9-10-19(22-14-17)26-12-11-25-18-7-2-1-3-8-18/h1-3,7-10,14,16H,4-6,11-13,15H2,(H3,21,23,24). The minimum Gasteiger partial charge on any atom is -0.490 e. The number of guanidine groups is 1. The summed E-state index contributed by atoms with van der Waals surface area (Å²) in [5.74, 6) is 2.66. The second-order valence-corrected chi connectivity index (χ2v) is 6.39. The van der Waals surface area contributed by atoms with E-state index in [2.05, 4.69) is 15.3 Å². The predicted octanol–water partition coefficient (Wildman–Crippen LogP) is 2.74. The van der Waals surface area contributed by atoms with Gasteiger partial charge in [-0.3, -0.25) is 0 Å². The van der Waals surface area contributed by atoms with Crippen molar-refractivity contribution in [2.75, 3.05) is 19.8 Å². The largest absolute Gasteiger partial charge is 0.490 e. The molecule has 0 aliphatic heterocycles. The number of rotatable bonds is 9. The van der Waals surface area contributed by atoms with Crippen LogP contribution in [0.4, 0.5) is 0 Å².